The van der Waals surface area contributed by atoms with E-state index < -0.39 is 5.91 Å². The Labute approximate surface area is 135 Å². The van der Waals surface area contributed by atoms with Crippen LogP contribution < -0.4 is 5.32 Å². The zero-order valence-electron chi connectivity index (χ0n) is 12.5. The van der Waals surface area contributed by atoms with Gasteiger partial charge in [0.2, 0.25) is 0 Å². The summed E-state index contributed by atoms with van der Waals surface area (Å²) in [4.78, 5) is 12.3. The third-order valence-electron chi connectivity index (χ3n) is 4.08. The third-order valence-corrected chi connectivity index (χ3v) is 4.32. The fourth-order valence-electron chi connectivity index (χ4n) is 2.72. The second-order valence-electron chi connectivity index (χ2n) is 5.71. The first-order valence-corrected chi connectivity index (χ1v) is 7.80. The average Bonchev–Trinajstić information content (AvgIpc) is 2.50. The molecule has 1 amide bonds. The number of phenolic OH excluding ortho intramolecular Hbond substituents is 1. The number of hydrogen-bond donors (Lipinski definition) is 2. The normalized spacial score (nSPS) is 22.0. The lowest BCUT2D eigenvalue weighted by molar-refractivity contribution is -0.118. The molecule has 0 aliphatic heterocycles. The van der Waals surface area contributed by atoms with E-state index in [-0.39, 0.29) is 17.4 Å². The molecule has 1 aromatic rings. The predicted molar refractivity (Wildman–Crippen MR) is 86.3 cm³/mol. The van der Waals surface area contributed by atoms with E-state index in [0.717, 1.165) is 19.3 Å². The van der Waals surface area contributed by atoms with Crippen molar-refractivity contribution < 1.29 is 9.90 Å². The molecule has 1 aromatic carbocycles. The van der Waals surface area contributed by atoms with Gasteiger partial charge in [-0.15, -0.1) is 0 Å². The molecule has 0 bridgehead atoms. The standard InChI is InChI=1S/C17H19ClN2O2/c1-11-4-2-3-5-15(11)20-17(22)13(10-19)8-12-9-14(18)6-7-16(12)21/h6-9,11,15,21H,2-5H2,1H3,(H,20,22)/b13-8+/t11-,15+/m1/s1. The molecule has 116 valence electrons. The maximum absolute atomic E-state index is 12.3. The van der Waals surface area contributed by atoms with Crippen LogP contribution in [0.25, 0.3) is 6.08 Å². The van der Waals surface area contributed by atoms with E-state index in [1.807, 2.05) is 6.07 Å². The Bertz CT molecular complexity index is 634. The number of aromatic hydroxyl groups is 1. The summed E-state index contributed by atoms with van der Waals surface area (Å²) in [5, 5.41) is 22.4. The number of carbonyl (C=O) groups is 1. The van der Waals surface area contributed by atoms with Crippen LogP contribution >= 0.6 is 11.6 Å². The van der Waals surface area contributed by atoms with Crippen molar-refractivity contribution in [2.45, 2.75) is 38.6 Å². The summed E-state index contributed by atoms with van der Waals surface area (Å²) in [6.45, 7) is 2.11. The van der Waals surface area contributed by atoms with E-state index in [9.17, 15) is 15.2 Å². The summed E-state index contributed by atoms with van der Waals surface area (Å²) in [6.07, 6.45) is 5.67. The number of carbonyl (C=O) groups excluding carboxylic acids is 1. The third kappa shape index (κ3) is 4.02. The molecular formula is C17H19ClN2O2. The van der Waals surface area contributed by atoms with Crippen LogP contribution in [0.5, 0.6) is 5.75 Å². The highest BCUT2D eigenvalue weighted by molar-refractivity contribution is 6.30. The van der Waals surface area contributed by atoms with Crippen molar-refractivity contribution in [3.63, 3.8) is 0 Å². The van der Waals surface area contributed by atoms with Gasteiger partial charge in [0, 0.05) is 16.6 Å². The molecule has 1 aliphatic rings. The SMILES string of the molecule is C[C@@H]1CCCC[C@@H]1NC(=O)/C(C#N)=C/c1cc(Cl)ccc1O. The van der Waals surface area contributed by atoms with E-state index in [2.05, 4.69) is 12.2 Å². The highest BCUT2D eigenvalue weighted by atomic mass is 35.5. The second-order valence-corrected chi connectivity index (χ2v) is 6.15. The summed E-state index contributed by atoms with van der Waals surface area (Å²) < 4.78 is 0. The lowest BCUT2D eigenvalue weighted by atomic mass is 9.86. The molecule has 5 heteroatoms. The van der Waals surface area contributed by atoms with Crippen molar-refractivity contribution in [1.29, 1.82) is 5.26 Å². The van der Waals surface area contributed by atoms with E-state index in [1.54, 1.807) is 6.07 Å². The van der Waals surface area contributed by atoms with Gasteiger partial charge in [-0.1, -0.05) is 31.4 Å². The van der Waals surface area contributed by atoms with Gasteiger partial charge in [-0.3, -0.25) is 4.79 Å². The minimum absolute atomic E-state index is 0.0176. The van der Waals surface area contributed by atoms with E-state index in [0.29, 0.717) is 16.5 Å². The van der Waals surface area contributed by atoms with Crippen LogP contribution in [0.2, 0.25) is 5.02 Å². The summed E-state index contributed by atoms with van der Waals surface area (Å²) in [6, 6.07) is 6.50. The van der Waals surface area contributed by atoms with Gasteiger partial charge in [-0.2, -0.15) is 5.26 Å². The minimum Gasteiger partial charge on any atom is -0.507 e. The Morgan fingerprint density at radius 1 is 1.45 bits per heavy atom. The fraction of sp³-hybridized carbons (Fsp3) is 0.412. The van der Waals surface area contributed by atoms with Gasteiger partial charge < -0.3 is 10.4 Å². The molecule has 2 atom stereocenters. The molecule has 1 aliphatic carbocycles. The number of nitrogens with zero attached hydrogens (tertiary/aromatic N) is 1. The van der Waals surface area contributed by atoms with Crippen LogP contribution in [0.4, 0.5) is 0 Å². The molecular weight excluding hydrogens is 300 g/mol. The Hall–Kier alpha value is -1.99. The molecule has 0 radical (unpaired) electrons. The second kappa shape index (κ2) is 7.33. The zero-order chi connectivity index (χ0) is 16.1. The molecule has 0 spiro atoms. The molecule has 1 saturated carbocycles. The van der Waals surface area contributed by atoms with Crippen molar-refractivity contribution in [2.24, 2.45) is 5.92 Å². The van der Waals surface area contributed by atoms with Gasteiger partial charge in [0.15, 0.2) is 0 Å². The Morgan fingerprint density at radius 3 is 2.86 bits per heavy atom. The Morgan fingerprint density at radius 2 is 2.18 bits per heavy atom. The Kier molecular flexibility index (Phi) is 5.46. The van der Waals surface area contributed by atoms with Crippen molar-refractivity contribution >= 4 is 23.6 Å². The largest absolute Gasteiger partial charge is 0.507 e. The summed E-state index contributed by atoms with van der Waals surface area (Å²) in [7, 11) is 0. The maximum Gasteiger partial charge on any atom is 0.262 e. The van der Waals surface area contributed by atoms with Crippen LogP contribution in [0.3, 0.4) is 0 Å². The van der Waals surface area contributed by atoms with Gasteiger partial charge >= 0.3 is 0 Å². The van der Waals surface area contributed by atoms with Gasteiger partial charge in [0.25, 0.3) is 5.91 Å². The van der Waals surface area contributed by atoms with Crippen LogP contribution in [0, 0.1) is 17.2 Å². The first-order valence-electron chi connectivity index (χ1n) is 7.42. The van der Waals surface area contributed by atoms with Gasteiger partial charge in [-0.05, 0) is 43.0 Å². The fourth-order valence-corrected chi connectivity index (χ4v) is 2.90. The molecule has 0 heterocycles. The van der Waals surface area contributed by atoms with E-state index >= 15 is 0 Å². The van der Waals surface area contributed by atoms with Crippen LogP contribution in [0.1, 0.15) is 38.2 Å². The number of nitriles is 1. The van der Waals surface area contributed by atoms with Crippen molar-refractivity contribution in [3.8, 4) is 11.8 Å². The van der Waals surface area contributed by atoms with E-state index in [4.69, 9.17) is 11.6 Å². The first-order chi connectivity index (χ1) is 10.5. The maximum atomic E-state index is 12.3. The number of halogens is 1. The lowest BCUT2D eigenvalue weighted by Gasteiger charge is -2.29. The molecule has 0 aromatic heterocycles. The average molecular weight is 319 g/mol. The first kappa shape index (κ1) is 16.4. The van der Waals surface area contributed by atoms with Gasteiger partial charge in [-0.25, -0.2) is 0 Å². The zero-order valence-corrected chi connectivity index (χ0v) is 13.2. The minimum atomic E-state index is -0.402. The molecule has 0 saturated heterocycles. The Balaban J connectivity index is 2.16. The lowest BCUT2D eigenvalue weighted by Crippen LogP contribution is -2.41. The smallest absolute Gasteiger partial charge is 0.262 e. The highest BCUT2D eigenvalue weighted by Crippen LogP contribution is 2.25. The van der Waals surface area contributed by atoms with Crippen LogP contribution in [-0.2, 0) is 4.79 Å². The van der Waals surface area contributed by atoms with Crippen molar-refractivity contribution in [2.75, 3.05) is 0 Å². The number of benzene rings is 1. The highest BCUT2D eigenvalue weighted by Gasteiger charge is 2.24. The number of amides is 1. The van der Waals surface area contributed by atoms with Crippen molar-refractivity contribution in [3.05, 3.63) is 34.4 Å². The molecule has 2 rings (SSSR count). The molecule has 0 unspecified atom stereocenters. The number of hydrogen-bond acceptors (Lipinski definition) is 3. The summed E-state index contributed by atoms with van der Waals surface area (Å²) >= 11 is 5.87. The number of nitrogens with one attached hydrogen (secondary N) is 1. The van der Waals surface area contributed by atoms with E-state index in [1.165, 1.54) is 24.6 Å². The molecule has 4 nitrogen and oxygen atoms in total. The number of rotatable bonds is 3. The van der Waals surface area contributed by atoms with Crippen molar-refractivity contribution in [1.82, 2.24) is 5.32 Å². The molecule has 1 fully saturated rings. The van der Waals surface area contributed by atoms with Gasteiger partial charge in [0.05, 0.1) is 0 Å². The monoisotopic (exact) mass is 318 g/mol. The molecule has 22 heavy (non-hydrogen) atoms. The summed E-state index contributed by atoms with van der Waals surface area (Å²) in [5.74, 6) is -0.00572. The number of phenols is 1. The quantitative estimate of drug-likeness (QED) is 0.660. The predicted octanol–water partition coefficient (Wildman–Crippen LogP) is 3.65. The van der Waals surface area contributed by atoms with Crippen LogP contribution in [-0.4, -0.2) is 17.1 Å². The summed E-state index contributed by atoms with van der Waals surface area (Å²) in [5.41, 5.74) is 0.325. The van der Waals surface area contributed by atoms with Crippen LogP contribution in [0.15, 0.2) is 23.8 Å². The van der Waals surface area contributed by atoms with Gasteiger partial charge in [0.1, 0.15) is 17.4 Å². The molecule has 2 N–H and O–H groups in total. The topological polar surface area (TPSA) is 73.1 Å².